The van der Waals surface area contributed by atoms with Crippen LogP contribution in [-0.2, 0) is 6.42 Å². The number of carbonyl (C=O) groups excluding carboxylic acids is 1. The lowest BCUT2D eigenvalue weighted by Gasteiger charge is -1.99. The van der Waals surface area contributed by atoms with Gasteiger partial charge >= 0.3 is 0 Å². The first-order valence-electron chi connectivity index (χ1n) is 6.95. The number of anilines is 1. The number of thiazole rings is 1. The molecule has 0 unspecified atom stereocenters. The molecular formula is C16H15N3O2S. The highest BCUT2D eigenvalue weighted by Crippen LogP contribution is 2.24. The second-order valence-corrected chi connectivity index (χ2v) is 5.72. The molecule has 0 saturated carbocycles. The Morgan fingerprint density at radius 3 is 2.73 bits per heavy atom. The van der Waals surface area contributed by atoms with E-state index in [9.17, 15) is 4.79 Å². The highest BCUT2D eigenvalue weighted by Gasteiger charge is 2.13. The molecule has 112 valence electrons. The summed E-state index contributed by atoms with van der Waals surface area (Å²) in [4.78, 5) is 16.5. The molecule has 0 bridgehead atoms. The number of aryl methyl sites for hydroxylation is 2. The summed E-state index contributed by atoms with van der Waals surface area (Å²) in [5.74, 6) is 0.746. The highest BCUT2D eigenvalue weighted by molar-refractivity contribution is 7.13. The number of amides is 1. The number of benzene rings is 1. The van der Waals surface area contributed by atoms with E-state index in [1.54, 1.807) is 18.4 Å². The second-order valence-electron chi connectivity index (χ2n) is 4.87. The number of hydrogen-bond acceptors (Lipinski definition) is 5. The molecule has 1 amide bonds. The zero-order valence-electron chi connectivity index (χ0n) is 12.3. The number of nitrogens with one attached hydrogen (secondary N) is 1. The van der Waals surface area contributed by atoms with Crippen LogP contribution in [0.25, 0.3) is 10.6 Å². The molecule has 3 rings (SSSR count). The van der Waals surface area contributed by atoms with Crippen molar-refractivity contribution in [3.8, 4) is 10.6 Å². The van der Waals surface area contributed by atoms with Gasteiger partial charge in [-0.15, -0.1) is 11.3 Å². The van der Waals surface area contributed by atoms with Gasteiger partial charge in [0.05, 0.1) is 0 Å². The summed E-state index contributed by atoms with van der Waals surface area (Å²) in [5.41, 5.74) is 2.67. The molecule has 0 aliphatic carbocycles. The van der Waals surface area contributed by atoms with Gasteiger partial charge < -0.3 is 9.84 Å². The van der Waals surface area contributed by atoms with Crippen molar-refractivity contribution in [1.82, 2.24) is 10.1 Å². The normalized spacial score (nSPS) is 10.6. The first kappa shape index (κ1) is 14.5. The van der Waals surface area contributed by atoms with E-state index in [0.29, 0.717) is 17.3 Å². The number of hydrogen-bond donors (Lipinski definition) is 1. The molecule has 1 N–H and O–H groups in total. The van der Waals surface area contributed by atoms with Gasteiger partial charge in [0.2, 0.25) is 0 Å². The van der Waals surface area contributed by atoms with Crippen molar-refractivity contribution in [3.05, 3.63) is 52.7 Å². The van der Waals surface area contributed by atoms with Crippen LogP contribution >= 0.6 is 11.3 Å². The lowest BCUT2D eigenvalue weighted by atomic mass is 10.1. The van der Waals surface area contributed by atoms with Gasteiger partial charge in [-0.3, -0.25) is 4.79 Å². The smallest absolute Gasteiger partial charge is 0.276 e. The van der Waals surface area contributed by atoms with Crippen LogP contribution in [0.2, 0.25) is 0 Å². The van der Waals surface area contributed by atoms with Gasteiger partial charge in [0.25, 0.3) is 5.91 Å². The third-order valence-electron chi connectivity index (χ3n) is 3.22. The topological polar surface area (TPSA) is 68.0 Å². The average Bonchev–Trinajstić information content (AvgIpc) is 3.17. The Morgan fingerprint density at radius 1 is 1.32 bits per heavy atom. The zero-order chi connectivity index (χ0) is 15.5. The van der Waals surface area contributed by atoms with Crippen LogP contribution in [0.4, 0.5) is 5.82 Å². The van der Waals surface area contributed by atoms with E-state index in [2.05, 4.69) is 34.5 Å². The van der Waals surface area contributed by atoms with Crippen LogP contribution in [0, 0.1) is 6.92 Å². The van der Waals surface area contributed by atoms with Crippen LogP contribution in [0.15, 0.2) is 40.2 Å². The lowest BCUT2D eigenvalue weighted by Crippen LogP contribution is -2.12. The minimum absolute atomic E-state index is 0.291. The van der Waals surface area contributed by atoms with Gasteiger partial charge in [-0.05, 0) is 18.9 Å². The Bertz CT molecular complexity index is 790. The van der Waals surface area contributed by atoms with Gasteiger partial charge in [-0.1, -0.05) is 36.3 Å². The van der Waals surface area contributed by atoms with Crippen molar-refractivity contribution in [3.63, 3.8) is 0 Å². The van der Waals surface area contributed by atoms with Crippen molar-refractivity contribution >= 4 is 23.1 Å². The summed E-state index contributed by atoms with van der Waals surface area (Å²) in [6, 6.07) is 9.87. The molecule has 3 aromatic rings. The third-order valence-corrected chi connectivity index (χ3v) is 4.11. The molecule has 0 aliphatic rings. The Labute approximate surface area is 132 Å². The number of aromatic nitrogens is 2. The molecule has 2 aromatic heterocycles. The Balaban J connectivity index is 1.76. The predicted octanol–water partition coefficient (Wildman–Crippen LogP) is 3.92. The first-order chi connectivity index (χ1) is 10.7. The Morgan fingerprint density at radius 2 is 2.09 bits per heavy atom. The van der Waals surface area contributed by atoms with Gasteiger partial charge in [0, 0.05) is 17.0 Å². The van der Waals surface area contributed by atoms with Crippen LogP contribution in [-0.4, -0.2) is 16.0 Å². The zero-order valence-corrected chi connectivity index (χ0v) is 13.1. The highest BCUT2D eigenvalue weighted by atomic mass is 32.1. The van der Waals surface area contributed by atoms with Crippen LogP contribution < -0.4 is 5.32 Å². The fourth-order valence-electron chi connectivity index (χ4n) is 2.00. The quantitative estimate of drug-likeness (QED) is 0.792. The molecule has 1 aromatic carbocycles. The van der Waals surface area contributed by atoms with E-state index >= 15 is 0 Å². The molecule has 0 aliphatic heterocycles. The van der Waals surface area contributed by atoms with Gasteiger partial charge in [-0.25, -0.2) is 4.98 Å². The summed E-state index contributed by atoms with van der Waals surface area (Å²) >= 11 is 1.44. The van der Waals surface area contributed by atoms with Crippen LogP contribution in [0.5, 0.6) is 0 Å². The molecule has 0 saturated heterocycles. The second kappa shape index (κ2) is 6.11. The maximum Gasteiger partial charge on any atom is 0.276 e. The number of nitrogens with zero attached hydrogens (tertiary/aromatic N) is 2. The summed E-state index contributed by atoms with van der Waals surface area (Å²) in [6.07, 6.45) is 1.00. The van der Waals surface area contributed by atoms with Crippen molar-refractivity contribution in [1.29, 1.82) is 0 Å². The van der Waals surface area contributed by atoms with Crippen molar-refractivity contribution in [2.75, 3.05) is 5.32 Å². The van der Waals surface area contributed by atoms with E-state index < -0.39 is 0 Å². The molecule has 0 radical (unpaired) electrons. The molecule has 0 atom stereocenters. The summed E-state index contributed by atoms with van der Waals surface area (Å²) in [5, 5.41) is 8.96. The fourth-order valence-corrected chi connectivity index (χ4v) is 2.81. The SMILES string of the molecule is CCc1ccc(-c2nc(C(=O)Nc3cc(C)on3)cs2)cc1. The molecule has 0 fully saturated rings. The largest absolute Gasteiger partial charge is 0.360 e. The van der Waals surface area contributed by atoms with Crippen LogP contribution in [0.3, 0.4) is 0 Å². The van der Waals surface area contributed by atoms with Gasteiger partial charge in [0.15, 0.2) is 5.82 Å². The van der Waals surface area contributed by atoms with E-state index in [0.717, 1.165) is 17.0 Å². The Kier molecular flexibility index (Phi) is 4.02. The van der Waals surface area contributed by atoms with Crippen molar-refractivity contribution in [2.45, 2.75) is 20.3 Å². The molecule has 22 heavy (non-hydrogen) atoms. The summed E-state index contributed by atoms with van der Waals surface area (Å²) in [7, 11) is 0. The van der Waals surface area contributed by atoms with E-state index in [1.807, 2.05) is 12.1 Å². The maximum atomic E-state index is 12.1. The minimum Gasteiger partial charge on any atom is -0.360 e. The van der Waals surface area contributed by atoms with Gasteiger partial charge in [0.1, 0.15) is 16.5 Å². The van der Waals surface area contributed by atoms with Gasteiger partial charge in [-0.2, -0.15) is 0 Å². The number of rotatable bonds is 4. The van der Waals surface area contributed by atoms with Crippen molar-refractivity contribution in [2.24, 2.45) is 0 Å². The fraction of sp³-hybridized carbons (Fsp3) is 0.188. The molecule has 2 heterocycles. The summed E-state index contributed by atoms with van der Waals surface area (Å²) in [6.45, 7) is 3.88. The first-order valence-corrected chi connectivity index (χ1v) is 7.83. The summed E-state index contributed by atoms with van der Waals surface area (Å²) < 4.78 is 4.92. The van der Waals surface area contributed by atoms with Crippen molar-refractivity contribution < 1.29 is 9.32 Å². The molecule has 0 spiro atoms. The maximum absolute atomic E-state index is 12.1. The molecule has 6 heteroatoms. The average molecular weight is 313 g/mol. The molecule has 5 nitrogen and oxygen atoms in total. The Hall–Kier alpha value is -2.47. The molecular weight excluding hydrogens is 298 g/mol. The number of carbonyl (C=O) groups is 1. The van der Waals surface area contributed by atoms with E-state index in [-0.39, 0.29) is 5.91 Å². The van der Waals surface area contributed by atoms with E-state index in [1.165, 1.54) is 16.9 Å². The minimum atomic E-state index is -0.291. The van der Waals surface area contributed by atoms with Crippen LogP contribution in [0.1, 0.15) is 28.7 Å². The lowest BCUT2D eigenvalue weighted by molar-refractivity contribution is 0.102. The third kappa shape index (κ3) is 3.07. The predicted molar refractivity (Wildman–Crippen MR) is 86.1 cm³/mol. The van der Waals surface area contributed by atoms with E-state index in [4.69, 9.17) is 4.52 Å². The standard InChI is InChI=1S/C16H15N3O2S/c1-3-11-4-6-12(7-5-11)16-17-13(9-22-16)15(20)18-14-8-10(2)21-19-14/h4-9H,3H2,1-2H3,(H,18,19,20). The monoisotopic (exact) mass is 313 g/mol.